The maximum atomic E-state index is 12.6. The van der Waals surface area contributed by atoms with Gasteiger partial charge in [-0.15, -0.1) is 0 Å². The van der Waals surface area contributed by atoms with Crippen LogP contribution < -0.4 is 16.6 Å². The molecule has 1 aliphatic rings. The van der Waals surface area contributed by atoms with Crippen LogP contribution in [0.5, 0.6) is 0 Å². The number of benzene rings is 1. The summed E-state index contributed by atoms with van der Waals surface area (Å²) in [6.45, 7) is 0. The van der Waals surface area contributed by atoms with Crippen LogP contribution in [0, 0.1) is 10.1 Å². The number of amides is 1. The van der Waals surface area contributed by atoms with E-state index in [-0.39, 0.29) is 29.4 Å². The summed E-state index contributed by atoms with van der Waals surface area (Å²) >= 11 is 0. The van der Waals surface area contributed by atoms with Crippen LogP contribution in [0.2, 0.25) is 0 Å². The molecule has 2 heterocycles. The van der Waals surface area contributed by atoms with Crippen molar-refractivity contribution >= 4 is 17.4 Å². The molecule has 9 nitrogen and oxygen atoms in total. The van der Waals surface area contributed by atoms with E-state index in [1.165, 1.54) is 36.9 Å². The summed E-state index contributed by atoms with van der Waals surface area (Å²) in [5.74, 6) is -0.878. The standard InChI is InChI=1S/C15H14N4O5/c1-17-13-12(14(21)18(2)15(17)22)10(7-11(20)16-13)8-4-3-5-9(6-8)19(23)24/h3-6,10H,7H2,1-2H3,(H,16,20)/t10-/m0/s1. The number of carbonyl (C=O) groups is 1. The summed E-state index contributed by atoms with van der Waals surface area (Å²) in [4.78, 5) is 47.1. The van der Waals surface area contributed by atoms with Gasteiger partial charge >= 0.3 is 5.69 Å². The van der Waals surface area contributed by atoms with E-state index in [0.29, 0.717) is 5.56 Å². The van der Waals surface area contributed by atoms with Crippen LogP contribution in [-0.4, -0.2) is 20.0 Å². The molecule has 2 aromatic rings. The predicted molar refractivity (Wildman–Crippen MR) is 85.1 cm³/mol. The molecule has 0 spiro atoms. The molecule has 1 aliphatic heterocycles. The zero-order valence-corrected chi connectivity index (χ0v) is 13.0. The molecule has 1 aromatic carbocycles. The van der Waals surface area contributed by atoms with Gasteiger partial charge in [0.1, 0.15) is 5.82 Å². The van der Waals surface area contributed by atoms with Crippen molar-refractivity contribution in [3.05, 3.63) is 66.3 Å². The van der Waals surface area contributed by atoms with Gasteiger partial charge in [0.25, 0.3) is 11.2 Å². The molecule has 0 radical (unpaired) electrons. The maximum absolute atomic E-state index is 12.6. The highest BCUT2D eigenvalue weighted by atomic mass is 16.6. The van der Waals surface area contributed by atoms with Gasteiger partial charge in [-0.3, -0.25) is 28.8 Å². The number of nitro benzene ring substituents is 1. The summed E-state index contributed by atoms with van der Waals surface area (Å²) in [6, 6.07) is 5.82. The number of carbonyl (C=O) groups excluding carboxylic acids is 1. The van der Waals surface area contributed by atoms with E-state index in [9.17, 15) is 24.5 Å². The van der Waals surface area contributed by atoms with Gasteiger partial charge in [-0.1, -0.05) is 12.1 Å². The molecule has 1 aromatic heterocycles. The third-order valence-corrected chi connectivity index (χ3v) is 4.18. The maximum Gasteiger partial charge on any atom is 0.332 e. The molecule has 9 heteroatoms. The number of hydrogen-bond donors (Lipinski definition) is 1. The van der Waals surface area contributed by atoms with E-state index in [4.69, 9.17) is 0 Å². The Kier molecular flexibility index (Phi) is 3.55. The molecule has 124 valence electrons. The first kappa shape index (κ1) is 15.7. The molecule has 1 amide bonds. The molecular formula is C15H14N4O5. The van der Waals surface area contributed by atoms with Crippen molar-refractivity contribution in [2.75, 3.05) is 5.32 Å². The topological polar surface area (TPSA) is 116 Å². The number of hydrogen-bond acceptors (Lipinski definition) is 5. The average Bonchev–Trinajstić information content (AvgIpc) is 2.57. The van der Waals surface area contributed by atoms with Gasteiger partial charge in [-0.25, -0.2) is 4.79 Å². The second-order valence-electron chi connectivity index (χ2n) is 5.63. The molecule has 0 saturated carbocycles. The second kappa shape index (κ2) is 5.44. The molecule has 0 bridgehead atoms. The molecule has 1 atom stereocenters. The van der Waals surface area contributed by atoms with Crippen molar-refractivity contribution in [1.82, 2.24) is 9.13 Å². The fourth-order valence-corrected chi connectivity index (χ4v) is 2.95. The van der Waals surface area contributed by atoms with Crippen molar-refractivity contribution in [3.8, 4) is 0 Å². The van der Waals surface area contributed by atoms with Crippen LogP contribution >= 0.6 is 0 Å². The van der Waals surface area contributed by atoms with Crippen molar-refractivity contribution in [2.24, 2.45) is 14.1 Å². The van der Waals surface area contributed by atoms with E-state index in [0.717, 1.165) is 4.57 Å². The summed E-state index contributed by atoms with van der Waals surface area (Å²) in [5.41, 5.74) is -0.472. The minimum Gasteiger partial charge on any atom is -0.312 e. The number of nitrogens with one attached hydrogen (secondary N) is 1. The quantitative estimate of drug-likeness (QED) is 0.634. The Bertz CT molecular complexity index is 988. The second-order valence-corrected chi connectivity index (χ2v) is 5.63. The largest absolute Gasteiger partial charge is 0.332 e. The van der Waals surface area contributed by atoms with Gasteiger partial charge in [0.2, 0.25) is 5.91 Å². The van der Waals surface area contributed by atoms with Gasteiger partial charge in [0.05, 0.1) is 10.5 Å². The fraction of sp³-hybridized carbons (Fsp3) is 0.267. The third-order valence-electron chi connectivity index (χ3n) is 4.18. The number of anilines is 1. The number of non-ortho nitro benzene ring substituents is 1. The normalized spacial score (nSPS) is 16.4. The minimum atomic E-state index is -0.654. The van der Waals surface area contributed by atoms with E-state index >= 15 is 0 Å². The lowest BCUT2D eigenvalue weighted by molar-refractivity contribution is -0.384. The number of aromatic nitrogens is 2. The smallest absolute Gasteiger partial charge is 0.312 e. The Labute approximate surface area is 135 Å². The monoisotopic (exact) mass is 330 g/mol. The molecule has 0 unspecified atom stereocenters. The first-order valence-corrected chi connectivity index (χ1v) is 7.15. The van der Waals surface area contributed by atoms with Gasteiger partial charge < -0.3 is 5.32 Å². The summed E-state index contributed by atoms with van der Waals surface area (Å²) in [6.07, 6.45) is -0.0262. The SMILES string of the molecule is Cn1c2c(c(=O)n(C)c1=O)[C@H](c1cccc([N+](=O)[O-])c1)CC(=O)N2. The van der Waals surface area contributed by atoms with Crippen LogP contribution in [0.3, 0.4) is 0 Å². The Morgan fingerprint density at radius 1 is 1.21 bits per heavy atom. The lowest BCUT2D eigenvalue weighted by atomic mass is 9.86. The van der Waals surface area contributed by atoms with Crippen molar-refractivity contribution in [2.45, 2.75) is 12.3 Å². The van der Waals surface area contributed by atoms with Crippen molar-refractivity contribution in [1.29, 1.82) is 0 Å². The number of nitrogens with zero attached hydrogens (tertiary/aromatic N) is 3. The van der Waals surface area contributed by atoms with E-state index in [2.05, 4.69) is 5.32 Å². The van der Waals surface area contributed by atoms with Gasteiger partial charge in [0, 0.05) is 38.6 Å². The lowest BCUT2D eigenvalue weighted by Crippen LogP contribution is -2.44. The van der Waals surface area contributed by atoms with Crippen LogP contribution in [0.1, 0.15) is 23.5 Å². The molecule has 0 aliphatic carbocycles. The highest BCUT2D eigenvalue weighted by Crippen LogP contribution is 2.35. The van der Waals surface area contributed by atoms with E-state index in [1.54, 1.807) is 6.07 Å². The number of fused-ring (bicyclic) bond motifs is 1. The lowest BCUT2D eigenvalue weighted by Gasteiger charge is -2.27. The summed E-state index contributed by atoms with van der Waals surface area (Å²) < 4.78 is 2.15. The minimum absolute atomic E-state index is 0.0262. The first-order valence-electron chi connectivity index (χ1n) is 7.15. The zero-order valence-electron chi connectivity index (χ0n) is 13.0. The average molecular weight is 330 g/mol. The molecular weight excluding hydrogens is 316 g/mol. The summed E-state index contributed by atoms with van der Waals surface area (Å²) in [5, 5.41) is 13.5. The van der Waals surface area contributed by atoms with Gasteiger partial charge in [-0.2, -0.15) is 0 Å². The summed E-state index contributed by atoms with van der Waals surface area (Å²) in [7, 11) is 2.81. The van der Waals surface area contributed by atoms with Gasteiger partial charge in [-0.05, 0) is 5.56 Å². The van der Waals surface area contributed by atoms with Crippen LogP contribution in [0.15, 0.2) is 33.9 Å². The van der Waals surface area contributed by atoms with Crippen LogP contribution in [0.4, 0.5) is 11.5 Å². The Morgan fingerprint density at radius 2 is 1.92 bits per heavy atom. The van der Waals surface area contributed by atoms with Crippen LogP contribution in [0.25, 0.3) is 0 Å². The Balaban J connectivity index is 2.29. The first-order chi connectivity index (χ1) is 11.3. The van der Waals surface area contributed by atoms with Crippen molar-refractivity contribution in [3.63, 3.8) is 0 Å². The van der Waals surface area contributed by atoms with Crippen LogP contribution in [-0.2, 0) is 18.9 Å². The Hall–Kier alpha value is -3.23. The van der Waals surface area contributed by atoms with E-state index in [1.807, 2.05) is 0 Å². The molecule has 1 N–H and O–H groups in total. The molecule has 24 heavy (non-hydrogen) atoms. The highest BCUT2D eigenvalue weighted by Gasteiger charge is 2.32. The third kappa shape index (κ3) is 2.30. The molecule has 0 fully saturated rings. The molecule has 3 rings (SSSR count). The molecule has 0 saturated heterocycles. The van der Waals surface area contributed by atoms with Gasteiger partial charge in [0.15, 0.2) is 0 Å². The fourth-order valence-electron chi connectivity index (χ4n) is 2.95. The number of nitro groups is 1. The highest BCUT2D eigenvalue weighted by molar-refractivity contribution is 5.94. The number of rotatable bonds is 2. The zero-order chi connectivity index (χ0) is 17.6. The van der Waals surface area contributed by atoms with E-state index < -0.39 is 22.1 Å². The Morgan fingerprint density at radius 3 is 2.58 bits per heavy atom. The van der Waals surface area contributed by atoms with Crippen molar-refractivity contribution < 1.29 is 9.72 Å². The predicted octanol–water partition coefficient (Wildman–Crippen LogP) is 0.466.